The third kappa shape index (κ3) is 9.05. The topological polar surface area (TPSA) is 113 Å². The summed E-state index contributed by atoms with van der Waals surface area (Å²) in [5.41, 5.74) is -0.998. The van der Waals surface area contributed by atoms with Gasteiger partial charge in [-0.3, -0.25) is 9.36 Å². The number of rotatable bonds is 18. The van der Waals surface area contributed by atoms with E-state index in [1.165, 1.54) is 9.25 Å². The van der Waals surface area contributed by atoms with Gasteiger partial charge in [0.2, 0.25) is 5.60 Å². The molecule has 0 amide bonds. The van der Waals surface area contributed by atoms with E-state index in [2.05, 4.69) is 5.10 Å². The Morgan fingerprint density at radius 2 is 1.73 bits per heavy atom. The molecule has 0 aliphatic carbocycles. The van der Waals surface area contributed by atoms with Crippen molar-refractivity contribution in [2.45, 2.75) is 111 Å². The number of benzene rings is 1. The van der Waals surface area contributed by atoms with E-state index < -0.39 is 17.1 Å². The average Bonchev–Trinajstić information content (AvgIpc) is 2.86. The van der Waals surface area contributed by atoms with Gasteiger partial charge in [-0.15, -0.1) is 5.10 Å². The second-order valence-corrected chi connectivity index (χ2v) is 9.67. The molecule has 206 valence electrons. The summed E-state index contributed by atoms with van der Waals surface area (Å²) in [5, 5.41) is 13.8. The van der Waals surface area contributed by atoms with Crippen molar-refractivity contribution < 1.29 is 19.4 Å². The predicted molar refractivity (Wildman–Crippen MR) is 144 cm³/mol. The molecule has 1 aromatic carbocycles. The molecule has 0 aliphatic rings. The summed E-state index contributed by atoms with van der Waals surface area (Å²) in [7, 11) is 0. The number of ether oxygens (including phenoxy) is 2. The maximum atomic E-state index is 12.8. The van der Waals surface area contributed by atoms with Crippen LogP contribution in [-0.2, 0) is 24.3 Å². The van der Waals surface area contributed by atoms with Gasteiger partial charge in [0, 0.05) is 13.1 Å². The number of carboxylic acids is 1. The van der Waals surface area contributed by atoms with Gasteiger partial charge in [-0.05, 0) is 69.6 Å². The zero-order valence-electron chi connectivity index (χ0n) is 22.8. The number of hydrogen-bond donors (Lipinski definition) is 1. The third-order valence-corrected chi connectivity index (χ3v) is 6.32. The molecular formula is C28H43N3O6. The second-order valence-electron chi connectivity index (χ2n) is 9.67. The van der Waals surface area contributed by atoms with E-state index in [1.54, 1.807) is 13.0 Å². The van der Waals surface area contributed by atoms with Gasteiger partial charge in [-0.2, -0.15) is 0 Å². The first kappa shape index (κ1) is 30.1. The average molecular weight is 518 g/mol. The molecule has 0 fully saturated rings. The van der Waals surface area contributed by atoms with E-state index in [1.807, 2.05) is 39.0 Å². The third-order valence-electron chi connectivity index (χ3n) is 6.32. The molecule has 1 N–H and O–H groups in total. The lowest BCUT2D eigenvalue weighted by atomic mass is 10.0. The van der Waals surface area contributed by atoms with Crippen molar-refractivity contribution in [2.75, 3.05) is 6.61 Å². The van der Waals surface area contributed by atoms with Crippen molar-refractivity contribution in [1.29, 1.82) is 0 Å². The van der Waals surface area contributed by atoms with Crippen molar-refractivity contribution in [3.8, 4) is 11.6 Å². The molecule has 0 saturated heterocycles. The smallest absolute Gasteiger partial charge is 0.347 e. The number of aromatic nitrogens is 3. The molecule has 1 unspecified atom stereocenters. The van der Waals surface area contributed by atoms with Gasteiger partial charge in [0.25, 0.3) is 5.88 Å². The monoisotopic (exact) mass is 517 g/mol. The Balaban J connectivity index is 1.91. The summed E-state index contributed by atoms with van der Waals surface area (Å²) in [4.78, 5) is 37.1. The first-order valence-corrected chi connectivity index (χ1v) is 13.6. The lowest BCUT2D eigenvalue weighted by molar-refractivity contribution is -0.154. The van der Waals surface area contributed by atoms with E-state index >= 15 is 0 Å². The van der Waals surface area contributed by atoms with Gasteiger partial charge in [-0.25, -0.2) is 14.3 Å². The van der Waals surface area contributed by atoms with E-state index in [0.29, 0.717) is 38.3 Å². The van der Waals surface area contributed by atoms with Crippen LogP contribution in [0.2, 0.25) is 0 Å². The normalized spacial score (nSPS) is 12.8. The Kier molecular flexibility index (Phi) is 12.4. The molecule has 1 aromatic heterocycles. The van der Waals surface area contributed by atoms with E-state index in [4.69, 9.17) is 9.47 Å². The quantitative estimate of drug-likeness (QED) is 0.282. The number of nitrogens with zero attached hydrogens (tertiary/aromatic N) is 3. The Labute approximate surface area is 219 Å². The van der Waals surface area contributed by atoms with Crippen LogP contribution < -0.4 is 20.7 Å². The highest BCUT2D eigenvalue weighted by Gasteiger charge is 2.34. The first-order valence-electron chi connectivity index (χ1n) is 13.6. The number of carboxylic acid groups (broad SMARTS) is 1. The fourth-order valence-corrected chi connectivity index (χ4v) is 4.07. The van der Waals surface area contributed by atoms with Crippen LogP contribution in [0.15, 0.2) is 33.9 Å². The molecule has 1 atom stereocenters. The van der Waals surface area contributed by atoms with Crippen LogP contribution in [0, 0.1) is 0 Å². The minimum absolute atomic E-state index is 0.00906. The summed E-state index contributed by atoms with van der Waals surface area (Å²) < 4.78 is 14.2. The van der Waals surface area contributed by atoms with Crippen LogP contribution in [0.5, 0.6) is 11.6 Å². The molecule has 0 aliphatic heterocycles. The van der Waals surface area contributed by atoms with Crippen molar-refractivity contribution in [2.24, 2.45) is 0 Å². The molecule has 37 heavy (non-hydrogen) atoms. The molecule has 1 heterocycles. The molecular weight excluding hydrogens is 474 g/mol. The second kappa shape index (κ2) is 15.2. The fourth-order valence-electron chi connectivity index (χ4n) is 4.07. The number of hydrogen-bond acceptors (Lipinski definition) is 6. The summed E-state index contributed by atoms with van der Waals surface area (Å²) in [6.45, 7) is 8.77. The van der Waals surface area contributed by atoms with E-state index in [0.717, 1.165) is 56.9 Å². The Bertz CT molecular complexity index is 1110. The molecule has 0 spiro atoms. The molecule has 2 rings (SSSR count). The number of carbonyl (C=O) groups is 1. The van der Waals surface area contributed by atoms with Crippen molar-refractivity contribution in [3.63, 3.8) is 0 Å². The minimum Gasteiger partial charge on any atom is -0.478 e. The van der Waals surface area contributed by atoms with Crippen LogP contribution in [0.3, 0.4) is 0 Å². The van der Waals surface area contributed by atoms with Gasteiger partial charge < -0.3 is 14.6 Å². The molecule has 2 aromatic rings. The molecule has 0 radical (unpaired) electrons. The maximum Gasteiger partial charge on any atom is 0.347 e. The highest BCUT2D eigenvalue weighted by molar-refractivity contribution is 5.77. The predicted octanol–water partition coefficient (Wildman–Crippen LogP) is 4.82. The van der Waals surface area contributed by atoms with Gasteiger partial charge in [0.15, 0.2) is 0 Å². The number of unbranched alkanes of at least 4 members (excludes halogenated alkanes) is 4. The Hall–Kier alpha value is -3.10. The van der Waals surface area contributed by atoms with Crippen LogP contribution in [-0.4, -0.2) is 37.6 Å². The Morgan fingerprint density at radius 1 is 1.00 bits per heavy atom. The van der Waals surface area contributed by atoms with E-state index in [-0.39, 0.29) is 11.6 Å². The summed E-state index contributed by atoms with van der Waals surface area (Å²) in [5.74, 6) is -0.417. The standard InChI is InChI=1S/C28H43N3O6/c1-5-8-18-30-25(32)24(29-31(27(30)35)19-9-6-2)36-20-12-10-11-14-22-15-13-16-23(21-22)37-28(4,17-7-3)26(33)34/h13,15-16,21H,5-12,14,17-20H2,1-4H3,(H,33,34). The lowest BCUT2D eigenvalue weighted by Crippen LogP contribution is -2.42. The molecule has 0 saturated carbocycles. The minimum atomic E-state index is -1.24. The van der Waals surface area contributed by atoms with Gasteiger partial charge in [-0.1, -0.05) is 52.2 Å². The maximum absolute atomic E-state index is 12.8. The number of aryl methyl sites for hydroxylation is 2. The summed E-state index contributed by atoms with van der Waals surface area (Å²) in [6.07, 6.45) is 7.85. The van der Waals surface area contributed by atoms with Crippen LogP contribution >= 0.6 is 0 Å². The Morgan fingerprint density at radius 3 is 2.41 bits per heavy atom. The molecule has 9 nitrogen and oxygen atoms in total. The van der Waals surface area contributed by atoms with Crippen LogP contribution in [0.1, 0.15) is 91.0 Å². The van der Waals surface area contributed by atoms with Crippen LogP contribution in [0.25, 0.3) is 0 Å². The fraction of sp³-hybridized carbons (Fsp3) is 0.643. The van der Waals surface area contributed by atoms with E-state index in [9.17, 15) is 19.5 Å². The van der Waals surface area contributed by atoms with Crippen molar-refractivity contribution >= 4 is 5.97 Å². The van der Waals surface area contributed by atoms with Crippen LogP contribution in [0.4, 0.5) is 0 Å². The van der Waals surface area contributed by atoms with Crippen molar-refractivity contribution in [1.82, 2.24) is 14.3 Å². The van der Waals surface area contributed by atoms with Crippen molar-refractivity contribution in [3.05, 3.63) is 50.7 Å². The summed E-state index contributed by atoms with van der Waals surface area (Å²) in [6, 6.07) is 7.57. The van der Waals surface area contributed by atoms with Gasteiger partial charge in [0.1, 0.15) is 5.75 Å². The largest absolute Gasteiger partial charge is 0.478 e. The molecule has 9 heteroatoms. The molecule has 0 bridgehead atoms. The first-order chi connectivity index (χ1) is 17.8. The van der Waals surface area contributed by atoms with Gasteiger partial charge in [0.05, 0.1) is 6.61 Å². The summed E-state index contributed by atoms with van der Waals surface area (Å²) >= 11 is 0. The van der Waals surface area contributed by atoms with Gasteiger partial charge >= 0.3 is 17.2 Å². The highest BCUT2D eigenvalue weighted by Crippen LogP contribution is 2.24. The number of aliphatic carboxylic acids is 1. The SMILES string of the molecule is CCCCn1nc(OCCCCCc2cccc(OC(C)(CCC)C(=O)O)c2)c(=O)n(CCCC)c1=O. The lowest BCUT2D eigenvalue weighted by Gasteiger charge is -2.26. The zero-order chi connectivity index (χ0) is 27.3. The highest BCUT2D eigenvalue weighted by atomic mass is 16.5. The zero-order valence-corrected chi connectivity index (χ0v) is 22.8.